The van der Waals surface area contributed by atoms with Gasteiger partial charge in [0.15, 0.2) is 0 Å². The molecule has 156 valence electrons. The maximum atomic E-state index is 12.9. The number of aliphatic hydroxyl groups excluding tert-OH is 1. The van der Waals surface area contributed by atoms with Crippen LogP contribution in [0.2, 0.25) is 0 Å². The van der Waals surface area contributed by atoms with Crippen LogP contribution < -0.4 is 0 Å². The summed E-state index contributed by atoms with van der Waals surface area (Å²) in [5, 5.41) is 10.9. The van der Waals surface area contributed by atoms with E-state index < -0.39 is 17.7 Å². The summed E-state index contributed by atoms with van der Waals surface area (Å²) in [4.78, 5) is 33.7. The number of aromatic nitrogens is 1. The van der Waals surface area contributed by atoms with E-state index in [0.29, 0.717) is 12.1 Å². The Morgan fingerprint density at radius 1 is 1.03 bits per heavy atom. The van der Waals surface area contributed by atoms with Crippen molar-refractivity contribution in [2.45, 2.75) is 12.5 Å². The topological polar surface area (TPSA) is 83.0 Å². The molecule has 7 heteroatoms. The molecule has 0 bridgehead atoms. The summed E-state index contributed by atoms with van der Waals surface area (Å²) in [6.45, 7) is 4.45. The lowest BCUT2D eigenvalue weighted by Gasteiger charge is -2.29. The minimum Gasteiger partial charge on any atom is -0.507 e. The third-order valence-electron chi connectivity index (χ3n) is 5.59. The number of benzene rings is 1. The molecule has 1 amide bonds. The molecule has 0 radical (unpaired) electrons. The molecular weight excluding hydrogens is 382 g/mol. The summed E-state index contributed by atoms with van der Waals surface area (Å²) in [5.41, 5.74) is 1.40. The average molecular weight is 407 g/mol. The Morgan fingerprint density at radius 2 is 1.73 bits per heavy atom. The van der Waals surface area contributed by atoms with Crippen LogP contribution >= 0.6 is 0 Å². The third kappa shape index (κ3) is 4.13. The quantitative estimate of drug-likeness (QED) is 0.449. The summed E-state index contributed by atoms with van der Waals surface area (Å²) in [7, 11) is 0. The van der Waals surface area contributed by atoms with E-state index >= 15 is 0 Å². The van der Waals surface area contributed by atoms with Crippen molar-refractivity contribution < 1.29 is 19.4 Å². The highest BCUT2D eigenvalue weighted by atomic mass is 16.5. The first-order chi connectivity index (χ1) is 14.7. The standard InChI is InChI=1S/C23H25N3O4/c27-21(18-5-2-1-3-6-18)19-20(17-7-9-24-10-8-17)26(23(29)22(19)28)12-4-11-25-13-15-30-16-14-25/h1-3,5-10,20,27H,4,11-16H2/b21-19-. The Hall–Kier alpha value is -3.03. The smallest absolute Gasteiger partial charge is 0.295 e. The Morgan fingerprint density at radius 3 is 2.43 bits per heavy atom. The van der Waals surface area contributed by atoms with Gasteiger partial charge in [-0.1, -0.05) is 30.3 Å². The van der Waals surface area contributed by atoms with Gasteiger partial charge in [-0.15, -0.1) is 0 Å². The molecule has 0 aliphatic carbocycles. The number of ketones is 1. The van der Waals surface area contributed by atoms with Gasteiger partial charge in [0.1, 0.15) is 5.76 Å². The number of carbonyl (C=O) groups excluding carboxylic acids is 2. The zero-order valence-corrected chi connectivity index (χ0v) is 16.7. The summed E-state index contributed by atoms with van der Waals surface area (Å²) in [6, 6.07) is 11.8. The van der Waals surface area contributed by atoms with Crippen LogP contribution in [0.4, 0.5) is 0 Å². The van der Waals surface area contributed by atoms with E-state index in [1.165, 1.54) is 0 Å². The molecule has 2 fully saturated rings. The van der Waals surface area contributed by atoms with Crippen molar-refractivity contribution >= 4 is 17.4 Å². The molecule has 2 aromatic rings. The number of aliphatic hydroxyl groups is 1. The number of likely N-dealkylation sites (tertiary alicyclic amines) is 1. The molecule has 7 nitrogen and oxygen atoms in total. The molecule has 1 aromatic carbocycles. The largest absolute Gasteiger partial charge is 0.507 e. The van der Waals surface area contributed by atoms with Crippen molar-refractivity contribution in [3.8, 4) is 0 Å². The molecule has 0 saturated carbocycles. The van der Waals surface area contributed by atoms with Crippen LogP contribution in [0.25, 0.3) is 5.76 Å². The highest BCUT2D eigenvalue weighted by Crippen LogP contribution is 2.39. The van der Waals surface area contributed by atoms with Crippen LogP contribution in [-0.4, -0.2) is 71.0 Å². The van der Waals surface area contributed by atoms with Crippen molar-refractivity contribution in [2.24, 2.45) is 0 Å². The molecule has 1 atom stereocenters. The fraction of sp³-hybridized carbons (Fsp3) is 0.348. The lowest BCUT2D eigenvalue weighted by Crippen LogP contribution is -2.38. The number of nitrogens with zero attached hydrogens (tertiary/aromatic N) is 3. The van der Waals surface area contributed by atoms with Crippen molar-refractivity contribution in [1.82, 2.24) is 14.8 Å². The molecular formula is C23H25N3O4. The van der Waals surface area contributed by atoms with Crippen LogP contribution in [0.5, 0.6) is 0 Å². The molecule has 3 heterocycles. The molecule has 30 heavy (non-hydrogen) atoms. The first-order valence-corrected chi connectivity index (χ1v) is 10.2. The number of hydrogen-bond acceptors (Lipinski definition) is 6. The Kier molecular flexibility index (Phi) is 6.21. The molecule has 2 aliphatic heterocycles. The van der Waals surface area contributed by atoms with Crippen LogP contribution in [0.15, 0.2) is 60.4 Å². The van der Waals surface area contributed by atoms with Gasteiger partial charge in [0.05, 0.1) is 24.8 Å². The summed E-state index contributed by atoms with van der Waals surface area (Å²) in [6.07, 6.45) is 4.00. The highest BCUT2D eigenvalue weighted by Gasteiger charge is 2.45. The Labute approximate surface area is 175 Å². The van der Waals surface area contributed by atoms with Crippen LogP contribution in [0, 0.1) is 0 Å². The highest BCUT2D eigenvalue weighted by molar-refractivity contribution is 6.46. The van der Waals surface area contributed by atoms with E-state index in [2.05, 4.69) is 9.88 Å². The fourth-order valence-corrected chi connectivity index (χ4v) is 4.04. The molecule has 0 spiro atoms. The molecule has 2 aliphatic rings. The number of amides is 1. The molecule has 2 saturated heterocycles. The van der Waals surface area contributed by atoms with E-state index in [-0.39, 0.29) is 11.3 Å². The van der Waals surface area contributed by atoms with Gasteiger partial charge in [-0.25, -0.2) is 0 Å². The summed E-state index contributed by atoms with van der Waals surface area (Å²) < 4.78 is 5.38. The monoisotopic (exact) mass is 407 g/mol. The van der Waals surface area contributed by atoms with E-state index in [9.17, 15) is 14.7 Å². The number of pyridine rings is 1. The van der Waals surface area contributed by atoms with Gasteiger partial charge >= 0.3 is 0 Å². The van der Waals surface area contributed by atoms with Gasteiger partial charge in [0.2, 0.25) is 0 Å². The SMILES string of the molecule is O=C1C(=O)N(CCCN2CCOCC2)C(c2ccncc2)/C1=C(/O)c1ccccc1. The second kappa shape index (κ2) is 9.19. The van der Waals surface area contributed by atoms with E-state index in [1.807, 2.05) is 6.07 Å². The number of morpholine rings is 1. The van der Waals surface area contributed by atoms with Crippen LogP contribution in [0.1, 0.15) is 23.6 Å². The van der Waals surface area contributed by atoms with Crippen molar-refractivity contribution in [3.63, 3.8) is 0 Å². The second-order valence-electron chi connectivity index (χ2n) is 7.45. The molecule has 1 unspecified atom stereocenters. The molecule has 1 N–H and O–H groups in total. The van der Waals surface area contributed by atoms with Gasteiger partial charge in [-0.2, -0.15) is 0 Å². The minimum absolute atomic E-state index is 0.128. The van der Waals surface area contributed by atoms with Gasteiger partial charge in [-0.05, 0) is 24.1 Å². The van der Waals surface area contributed by atoms with Crippen LogP contribution in [0.3, 0.4) is 0 Å². The van der Waals surface area contributed by atoms with E-state index in [0.717, 1.165) is 44.8 Å². The first kappa shape index (κ1) is 20.3. The number of carbonyl (C=O) groups is 2. The zero-order valence-electron chi connectivity index (χ0n) is 16.7. The predicted octanol–water partition coefficient (Wildman–Crippen LogP) is 2.23. The third-order valence-corrected chi connectivity index (χ3v) is 5.59. The van der Waals surface area contributed by atoms with Crippen molar-refractivity contribution in [1.29, 1.82) is 0 Å². The van der Waals surface area contributed by atoms with Gasteiger partial charge < -0.3 is 14.7 Å². The molecule has 1 aromatic heterocycles. The van der Waals surface area contributed by atoms with Gasteiger partial charge in [0.25, 0.3) is 11.7 Å². The van der Waals surface area contributed by atoms with Crippen molar-refractivity contribution in [2.75, 3.05) is 39.4 Å². The predicted molar refractivity (Wildman–Crippen MR) is 112 cm³/mol. The fourth-order valence-electron chi connectivity index (χ4n) is 4.04. The number of rotatable bonds is 6. The van der Waals surface area contributed by atoms with Gasteiger partial charge in [0, 0.05) is 44.1 Å². The van der Waals surface area contributed by atoms with Crippen LogP contribution in [-0.2, 0) is 14.3 Å². The molecule has 4 rings (SSSR count). The summed E-state index contributed by atoms with van der Waals surface area (Å²) in [5.74, 6) is -1.37. The van der Waals surface area contributed by atoms with Gasteiger partial charge in [-0.3, -0.25) is 19.5 Å². The second-order valence-corrected chi connectivity index (χ2v) is 7.45. The Balaban J connectivity index is 1.63. The summed E-state index contributed by atoms with van der Waals surface area (Å²) >= 11 is 0. The zero-order chi connectivity index (χ0) is 20.9. The maximum Gasteiger partial charge on any atom is 0.295 e. The Bertz CT molecular complexity index is 924. The lowest BCUT2D eigenvalue weighted by molar-refractivity contribution is -0.140. The number of hydrogen-bond donors (Lipinski definition) is 1. The average Bonchev–Trinajstić information content (AvgIpc) is 3.05. The number of Topliss-reactive ketones (excluding diaryl/α,β-unsaturated/α-hetero) is 1. The number of ether oxygens (including phenoxy) is 1. The van der Waals surface area contributed by atoms with Crippen molar-refractivity contribution in [3.05, 3.63) is 71.6 Å². The normalized spacial score (nSPS) is 21.9. The minimum atomic E-state index is -0.649. The maximum absolute atomic E-state index is 12.9. The van der Waals surface area contributed by atoms with E-state index in [4.69, 9.17) is 4.74 Å². The first-order valence-electron chi connectivity index (χ1n) is 10.2. The van der Waals surface area contributed by atoms with E-state index in [1.54, 1.807) is 53.7 Å². The lowest BCUT2D eigenvalue weighted by atomic mass is 9.96.